The number of carbonyl (C=O) groups is 6. The first-order chi connectivity index (χ1) is 47.5. The van der Waals surface area contributed by atoms with E-state index in [1.54, 1.807) is 31.0 Å². The van der Waals surface area contributed by atoms with Gasteiger partial charge in [-0.15, -0.1) is 0 Å². The zero-order chi connectivity index (χ0) is 68.1. The van der Waals surface area contributed by atoms with Gasteiger partial charge < -0.3 is 65.3 Å². The average molecular weight is 1330 g/mol. The monoisotopic (exact) mass is 1330 g/mol. The van der Waals surface area contributed by atoms with Crippen LogP contribution in [0.4, 0.5) is 21.2 Å². The quantitative estimate of drug-likeness (QED) is 0.0197. The van der Waals surface area contributed by atoms with E-state index in [4.69, 9.17) is 34.6 Å². The molecule has 3 saturated heterocycles. The number of fused-ring (bicyclic) bond motifs is 5. The Bertz CT molecular complexity index is 4440. The first-order valence-corrected chi connectivity index (χ1v) is 33.3. The number of anilines is 2. The molecule has 6 heterocycles. The molecular weight excluding hydrogens is 1250 g/mol. The number of ether oxygens (including phenoxy) is 4. The van der Waals surface area contributed by atoms with Crippen molar-refractivity contribution in [3.05, 3.63) is 172 Å². The van der Waals surface area contributed by atoms with Crippen LogP contribution in [-0.4, -0.2) is 157 Å². The second-order valence-electron chi connectivity index (χ2n) is 26.0. The molecule has 24 nitrogen and oxygen atoms in total. The number of benzene rings is 5. The Morgan fingerprint density at radius 3 is 2.27 bits per heavy atom. The first kappa shape index (κ1) is 66.2. The van der Waals surface area contributed by atoms with Gasteiger partial charge in [0.2, 0.25) is 29.6 Å². The Morgan fingerprint density at radius 2 is 1.55 bits per heavy atom. The number of imide groups is 1. The number of rotatable bonds is 23. The molecule has 8 N–H and O–H groups in total. The van der Waals surface area contributed by atoms with Gasteiger partial charge in [0, 0.05) is 98.0 Å². The number of aromatic amines is 1. The van der Waals surface area contributed by atoms with E-state index in [1.165, 1.54) is 4.90 Å². The number of piperidine rings is 2. The molecule has 2 aliphatic carbocycles. The second-order valence-corrected chi connectivity index (χ2v) is 26.0. The van der Waals surface area contributed by atoms with Gasteiger partial charge in [-0.3, -0.25) is 34.2 Å². The number of nitrogens with two attached hydrogens (primary N) is 1. The Kier molecular flexibility index (Phi) is 19.4. The van der Waals surface area contributed by atoms with Crippen molar-refractivity contribution >= 4 is 69.2 Å². The number of likely N-dealkylation sites (tertiary alicyclic amines) is 1. The van der Waals surface area contributed by atoms with Gasteiger partial charge >= 0.3 is 12.1 Å². The summed E-state index contributed by atoms with van der Waals surface area (Å²) < 4.78 is 26.6. The van der Waals surface area contributed by atoms with Crippen LogP contribution in [0.15, 0.2) is 139 Å². The zero-order valence-electron chi connectivity index (χ0n) is 55.0. The molecule has 4 fully saturated rings. The van der Waals surface area contributed by atoms with Crippen LogP contribution >= 0.6 is 0 Å². The van der Waals surface area contributed by atoms with Gasteiger partial charge in [0.05, 0.1) is 56.2 Å². The highest BCUT2D eigenvalue weighted by Gasteiger charge is 2.45. The van der Waals surface area contributed by atoms with E-state index in [2.05, 4.69) is 60.1 Å². The molecule has 98 heavy (non-hydrogen) atoms. The molecule has 5 aromatic carbocycles. The summed E-state index contributed by atoms with van der Waals surface area (Å²) >= 11 is 0. The number of aryl methyl sites for hydroxylation is 1. The van der Waals surface area contributed by atoms with E-state index in [1.807, 2.05) is 121 Å². The van der Waals surface area contributed by atoms with Crippen LogP contribution in [0.25, 0.3) is 44.1 Å². The van der Waals surface area contributed by atoms with Crippen molar-refractivity contribution in [2.75, 3.05) is 82.7 Å². The summed E-state index contributed by atoms with van der Waals surface area (Å²) in [6.45, 7) is 5.24. The second kappa shape index (κ2) is 28.7. The summed E-state index contributed by atoms with van der Waals surface area (Å²) in [5, 5.41) is 15.3. The SMILES string of the molecule is COc1ccc(C#CCNC2(C)CCN(C3CCN(c4nc([C@@](COCNC(=O)CNC(=O)[C@H](CC(N)=O)NC(=O)OCC5c6ccccc6-c6ccccc65)(OC5CC5)c5ccccc5)c5cc(-c6cn(C)c(=O)c7[nH]ccc67)ccc5n4)CC3)CC2)cc1N1CCC(=O)NC1=O. The standard InChI is InChI=1S/C74H79N13O11/c1-73(79-31-11-12-46-19-24-62(95-3)61(38-46)87-35-28-64(89)82-71(87)93)29-36-85(37-30-73)49-26-33-86(34-27-49)70-80-59-23-20-47(57-42-84(2)69(92)66-55(57)25-32-76-66)39-56(59)67(83-70)74(98-50-21-22-50,48-13-5-4-6-14-48)44-96-45-78-65(90)41-77-68(91)60(40-63(75)88)81-72(94)97-43-58-53-17-9-7-15-51(53)52-16-8-10-18-54(52)58/h4-10,13-20,23-25,32,38-39,42,49-50,58,60,76,79H,21-22,26-31,33-37,40-41,43-45H2,1-3H3,(H2,75,88)(H,77,91)(H,78,90)(H,81,94)(H,82,89,93)/t60-,74-/m0/s1. The number of nitrogens with one attached hydrogen (secondary N) is 6. The van der Waals surface area contributed by atoms with Crippen molar-refractivity contribution in [3.8, 4) is 39.8 Å². The topological polar surface area (TPSA) is 299 Å². The summed E-state index contributed by atoms with van der Waals surface area (Å²) in [5.41, 5.74) is 13.4. The van der Waals surface area contributed by atoms with Gasteiger partial charge in [0.25, 0.3) is 5.56 Å². The van der Waals surface area contributed by atoms with Crippen LogP contribution in [0.3, 0.4) is 0 Å². The lowest BCUT2D eigenvalue weighted by atomic mass is 9.87. The van der Waals surface area contributed by atoms with Gasteiger partial charge in [0.1, 0.15) is 30.6 Å². The number of aromatic nitrogens is 4. The molecule has 3 aliphatic heterocycles. The number of amides is 7. The number of nitrogens with zero attached hydrogens (tertiary/aromatic N) is 6. The average Bonchev–Trinajstić information content (AvgIpc) is 0.995. The molecule has 24 heteroatoms. The number of urea groups is 1. The van der Waals surface area contributed by atoms with Crippen molar-refractivity contribution in [1.29, 1.82) is 0 Å². The minimum Gasteiger partial charge on any atom is -0.495 e. The van der Waals surface area contributed by atoms with E-state index in [0.29, 0.717) is 65.2 Å². The smallest absolute Gasteiger partial charge is 0.407 e. The van der Waals surface area contributed by atoms with Crippen molar-refractivity contribution in [3.63, 3.8) is 0 Å². The van der Waals surface area contributed by atoms with E-state index in [0.717, 1.165) is 102 Å². The highest BCUT2D eigenvalue weighted by molar-refractivity contribution is 6.06. The van der Waals surface area contributed by atoms with Crippen molar-refractivity contribution in [2.45, 2.75) is 93.5 Å². The molecule has 3 aromatic heterocycles. The Morgan fingerprint density at radius 1 is 0.816 bits per heavy atom. The summed E-state index contributed by atoms with van der Waals surface area (Å²) in [5.74, 6) is 4.75. The molecule has 0 radical (unpaired) electrons. The molecule has 1 saturated carbocycles. The normalized spacial score (nSPS) is 17.2. The zero-order valence-corrected chi connectivity index (χ0v) is 55.0. The lowest BCUT2D eigenvalue weighted by molar-refractivity contribution is -0.130. The van der Waals surface area contributed by atoms with Crippen molar-refractivity contribution < 1.29 is 47.7 Å². The molecule has 8 aromatic rings. The first-order valence-electron chi connectivity index (χ1n) is 33.3. The maximum absolute atomic E-state index is 13.6. The van der Waals surface area contributed by atoms with Crippen LogP contribution in [0.5, 0.6) is 5.75 Å². The Hall–Kier alpha value is -10.5. The summed E-state index contributed by atoms with van der Waals surface area (Å²) in [6, 6.07) is 37.3. The van der Waals surface area contributed by atoms with Crippen LogP contribution < -0.4 is 52.4 Å². The summed E-state index contributed by atoms with van der Waals surface area (Å²) in [7, 11) is 3.27. The van der Waals surface area contributed by atoms with Crippen LogP contribution in [-0.2, 0) is 46.0 Å². The van der Waals surface area contributed by atoms with Gasteiger partial charge in [-0.2, -0.15) is 0 Å². The molecule has 0 bridgehead atoms. The van der Waals surface area contributed by atoms with Gasteiger partial charge in [-0.1, -0.05) is 96.8 Å². The number of methoxy groups -OCH3 is 1. The summed E-state index contributed by atoms with van der Waals surface area (Å²) in [4.78, 5) is 111. The molecule has 0 unspecified atom stereocenters. The lowest BCUT2D eigenvalue weighted by Crippen LogP contribution is -2.55. The van der Waals surface area contributed by atoms with Crippen LogP contribution in [0, 0.1) is 11.8 Å². The number of H-pyrrole nitrogens is 1. The third-order valence-corrected chi connectivity index (χ3v) is 19.4. The summed E-state index contributed by atoms with van der Waals surface area (Å²) in [6.07, 6.45) is 7.41. The van der Waals surface area contributed by atoms with Gasteiger partial charge in [-0.25, -0.2) is 19.6 Å². The minimum atomic E-state index is -1.44. The van der Waals surface area contributed by atoms with E-state index >= 15 is 0 Å². The van der Waals surface area contributed by atoms with E-state index < -0.39 is 54.5 Å². The molecule has 7 amide bonds. The molecule has 5 aliphatic rings. The Balaban J connectivity index is 0.690. The number of alkyl carbamates (subject to hydrolysis) is 1. The number of primary amides is 1. The third-order valence-electron chi connectivity index (χ3n) is 19.4. The molecule has 13 rings (SSSR count). The maximum atomic E-state index is 13.6. The number of hydrogen-bond acceptors (Lipinski definition) is 16. The minimum absolute atomic E-state index is 0.0264. The maximum Gasteiger partial charge on any atom is 0.407 e. The molecule has 506 valence electrons. The third kappa shape index (κ3) is 14.3. The van der Waals surface area contributed by atoms with E-state index in [-0.39, 0.29) is 61.9 Å². The fourth-order valence-electron chi connectivity index (χ4n) is 13.9. The van der Waals surface area contributed by atoms with Gasteiger partial charge in [0.15, 0.2) is 5.60 Å². The molecule has 0 spiro atoms. The fraction of sp³-hybridized carbons (Fsp3) is 0.365. The van der Waals surface area contributed by atoms with E-state index in [9.17, 15) is 33.6 Å². The predicted molar refractivity (Wildman–Crippen MR) is 369 cm³/mol. The largest absolute Gasteiger partial charge is 0.495 e. The number of pyridine rings is 1. The fourth-order valence-corrected chi connectivity index (χ4v) is 13.9. The van der Waals surface area contributed by atoms with Crippen molar-refractivity contribution in [2.24, 2.45) is 12.8 Å². The molecular formula is C74H79N13O11. The highest BCUT2D eigenvalue weighted by atomic mass is 16.6. The Labute approximate surface area is 566 Å². The van der Waals surface area contributed by atoms with Gasteiger partial charge in [-0.05, 0) is 115 Å². The van der Waals surface area contributed by atoms with Crippen LogP contribution in [0.1, 0.15) is 92.2 Å². The highest BCUT2D eigenvalue weighted by Crippen LogP contribution is 2.46. The molecule has 2 atom stereocenters. The lowest BCUT2D eigenvalue weighted by Gasteiger charge is -2.45. The van der Waals surface area contributed by atoms with Crippen molar-refractivity contribution in [1.82, 2.24) is 51.0 Å². The van der Waals surface area contributed by atoms with Crippen LogP contribution in [0.2, 0.25) is 0 Å². The number of hydrogen-bond donors (Lipinski definition) is 7. The number of carbonyl (C=O) groups excluding carboxylic acids is 6. The predicted octanol–water partition coefficient (Wildman–Crippen LogP) is 6.81.